The van der Waals surface area contributed by atoms with Crippen LogP contribution in [0.2, 0.25) is 5.02 Å². The molecule has 0 unspecified atom stereocenters. The van der Waals surface area contributed by atoms with Crippen LogP contribution in [-0.4, -0.2) is 49.7 Å². The van der Waals surface area contributed by atoms with Crippen molar-refractivity contribution in [2.45, 2.75) is 19.9 Å². The molecule has 0 saturated carbocycles. The van der Waals surface area contributed by atoms with E-state index in [4.69, 9.17) is 21.1 Å². The number of esters is 2. The lowest BCUT2D eigenvalue weighted by atomic mass is 10.3. The van der Waals surface area contributed by atoms with Gasteiger partial charge < -0.3 is 9.47 Å². The highest BCUT2D eigenvalue weighted by atomic mass is 35.5. The second kappa shape index (κ2) is 8.17. The van der Waals surface area contributed by atoms with Crippen molar-refractivity contribution in [3.8, 4) is 5.69 Å². The third-order valence-corrected chi connectivity index (χ3v) is 4.01. The first-order chi connectivity index (χ1) is 13.5. The van der Waals surface area contributed by atoms with Crippen LogP contribution in [0.1, 0.15) is 19.9 Å². The largest absolute Gasteiger partial charge is 0.464 e. The Morgan fingerprint density at radius 2 is 1.71 bits per heavy atom. The van der Waals surface area contributed by atoms with Crippen molar-refractivity contribution in [2.24, 2.45) is 0 Å². The number of ether oxygens (including phenoxy) is 2. The summed E-state index contributed by atoms with van der Waals surface area (Å²) in [6.07, 6.45) is 1.07. The van der Waals surface area contributed by atoms with Crippen molar-refractivity contribution >= 4 is 34.7 Å². The summed E-state index contributed by atoms with van der Waals surface area (Å²) >= 11 is 5.88. The highest BCUT2D eigenvalue weighted by Gasteiger charge is 2.33. The van der Waals surface area contributed by atoms with Crippen molar-refractivity contribution in [2.75, 3.05) is 13.2 Å². The molecular weight excluding hydrogens is 390 g/mol. The Morgan fingerprint density at radius 1 is 1.11 bits per heavy atom. The minimum atomic E-state index is -1.62. The van der Waals surface area contributed by atoms with E-state index in [2.05, 4.69) is 15.3 Å². The fraction of sp³-hybridized carbons (Fsp3) is 0.294. The first kappa shape index (κ1) is 19.5. The van der Waals surface area contributed by atoms with E-state index >= 15 is 0 Å². The van der Waals surface area contributed by atoms with E-state index < -0.39 is 23.5 Å². The van der Waals surface area contributed by atoms with E-state index in [0.29, 0.717) is 10.7 Å². The Morgan fingerprint density at radius 3 is 2.29 bits per heavy atom. The number of carbonyl (C=O) groups is 2. The highest BCUT2D eigenvalue weighted by Crippen LogP contribution is 2.16. The number of fused-ring (bicyclic) bond motifs is 1. The summed E-state index contributed by atoms with van der Waals surface area (Å²) in [6.45, 7) is 3.24. The van der Waals surface area contributed by atoms with Crippen LogP contribution in [0.3, 0.4) is 0 Å². The second-order valence-electron chi connectivity index (χ2n) is 5.51. The molecule has 0 atom stereocenters. The molecule has 2 heterocycles. The molecule has 2 aromatic heterocycles. The van der Waals surface area contributed by atoms with Crippen LogP contribution in [0.5, 0.6) is 0 Å². The number of nitrogens with zero attached hydrogens (tertiary/aromatic N) is 5. The maximum absolute atomic E-state index is 12.9. The molecule has 10 nitrogen and oxygen atoms in total. The Kier molecular flexibility index (Phi) is 5.69. The number of halogens is 1. The highest BCUT2D eigenvalue weighted by molar-refractivity contribution is 6.30. The lowest BCUT2D eigenvalue weighted by Crippen LogP contribution is -2.37. The van der Waals surface area contributed by atoms with Gasteiger partial charge in [0.25, 0.3) is 5.56 Å². The van der Waals surface area contributed by atoms with Crippen LogP contribution in [0.25, 0.3) is 16.9 Å². The quantitative estimate of drug-likeness (QED) is 0.444. The maximum Gasteiger partial charge on any atom is 0.341 e. The van der Waals surface area contributed by atoms with Crippen molar-refractivity contribution in [1.29, 1.82) is 0 Å². The molecule has 0 saturated heterocycles. The van der Waals surface area contributed by atoms with Crippen LogP contribution in [-0.2, 0) is 19.1 Å². The Balaban J connectivity index is 2.10. The van der Waals surface area contributed by atoms with E-state index in [9.17, 15) is 14.4 Å². The van der Waals surface area contributed by atoms with Gasteiger partial charge in [-0.15, -0.1) is 5.10 Å². The summed E-state index contributed by atoms with van der Waals surface area (Å²) in [5.41, 5.74) is -0.0914. The molecule has 0 amide bonds. The fourth-order valence-corrected chi connectivity index (χ4v) is 2.65. The molecule has 0 spiro atoms. The van der Waals surface area contributed by atoms with Crippen molar-refractivity contribution in [1.82, 2.24) is 24.5 Å². The molecular formula is C17H16ClN5O5. The van der Waals surface area contributed by atoms with Gasteiger partial charge in [-0.2, -0.15) is 4.68 Å². The number of rotatable bonds is 6. The number of hydrogen-bond donors (Lipinski definition) is 0. The van der Waals surface area contributed by atoms with E-state index in [1.807, 2.05) is 0 Å². The molecule has 146 valence electrons. The third kappa shape index (κ3) is 3.58. The van der Waals surface area contributed by atoms with Crippen LogP contribution in [0, 0.1) is 0 Å². The number of benzene rings is 1. The average Bonchev–Trinajstić information content (AvgIpc) is 3.10. The Hall–Kier alpha value is -3.27. The zero-order valence-electron chi connectivity index (χ0n) is 15.0. The topological polar surface area (TPSA) is 118 Å². The molecule has 0 bridgehead atoms. The van der Waals surface area contributed by atoms with Gasteiger partial charge in [0.05, 0.1) is 18.9 Å². The molecule has 3 aromatic rings. The Labute approximate surface area is 163 Å². The summed E-state index contributed by atoms with van der Waals surface area (Å²) in [4.78, 5) is 41.5. The number of hydrogen-bond acceptors (Lipinski definition) is 8. The summed E-state index contributed by atoms with van der Waals surface area (Å²) < 4.78 is 12.0. The standard InChI is InChI=1S/C17H16ClN5O5/c1-3-27-16(25)13(17(26)28-4-2)22-9-19-14-12(15(22)24)20-21-23(14)11-7-5-10(18)6-8-11/h5-9,13H,3-4H2,1-2H3. The lowest BCUT2D eigenvalue weighted by molar-refractivity contribution is -0.160. The van der Waals surface area contributed by atoms with Crippen LogP contribution < -0.4 is 5.56 Å². The summed E-state index contributed by atoms with van der Waals surface area (Å²) in [5.74, 6) is -1.84. The van der Waals surface area contributed by atoms with Gasteiger partial charge in [-0.3, -0.25) is 9.36 Å². The van der Waals surface area contributed by atoms with Gasteiger partial charge in [-0.05, 0) is 38.1 Å². The number of aromatic nitrogens is 5. The van der Waals surface area contributed by atoms with Crippen molar-refractivity contribution < 1.29 is 19.1 Å². The first-order valence-corrected chi connectivity index (χ1v) is 8.77. The predicted molar refractivity (Wildman–Crippen MR) is 98.2 cm³/mol. The smallest absolute Gasteiger partial charge is 0.341 e. The van der Waals surface area contributed by atoms with Gasteiger partial charge in [0.2, 0.25) is 6.04 Å². The molecule has 0 fully saturated rings. The third-order valence-electron chi connectivity index (χ3n) is 3.76. The molecule has 3 rings (SSSR count). The zero-order chi connectivity index (χ0) is 20.3. The molecule has 0 aliphatic heterocycles. The van der Waals surface area contributed by atoms with Crippen LogP contribution >= 0.6 is 11.6 Å². The second-order valence-corrected chi connectivity index (χ2v) is 5.95. The molecule has 1 aromatic carbocycles. The summed E-state index contributed by atoms with van der Waals surface area (Å²) in [6, 6.07) is 5.06. The molecule has 0 aliphatic carbocycles. The molecule has 28 heavy (non-hydrogen) atoms. The molecule has 0 radical (unpaired) electrons. The van der Waals surface area contributed by atoms with Gasteiger partial charge in [-0.1, -0.05) is 16.8 Å². The van der Waals surface area contributed by atoms with Crippen LogP contribution in [0.4, 0.5) is 0 Å². The van der Waals surface area contributed by atoms with Crippen LogP contribution in [0.15, 0.2) is 35.4 Å². The SMILES string of the molecule is CCOC(=O)C(C(=O)OCC)n1cnc2c(nnn2-c2ccc(Cl)cc2)c1=O. The van der Waals surface area contributed by atoms with Gasteiger partial charge in [-0.25, -0.2) is 14.6 Å². The average molecular weight is 406 g/mol. The molecule has 11 heteroatoms. The van der Waals surface area contributed by atoms with Crippen molar-refractivity contribution in [3.05, 3.63) is 46.0 Å². The van der Waals surface area contributed by atoms with Gasteiger partial charge in [0.1, 0.15) is 6.33 Å². The predicted octanol–water partition coefficient (Wildman–Crippen LogP) is 1.30. The zero-order valence-corrected chi connectivity index (χ0v) is 15.8. The van der Waals surface area contributed by atoms with Crippen molar-refractivity contribution in [3.63, 3.8) is 0 Å². The fourth-order valence-electron chi connectivity index (χ4n) is 2.53. The molecule has 0 aliphatic rings. The minimum absolute atomic E-state index is 0.0336. The normalized spacial score (nSPS) is 11.0. The first-order valence-electron chi connectivity index (χ1n) is 8.39. The van der Waals surface area contributed by atoms with Gasteiger partial charge in [0, 0.05) is 5.02 Å². The van der Waals surface area contributed by atoms with E-state index in [0.717, 1.165) is 10.9 Å². The van der Waals surface area contributed by atoms with Gasteiger partial charge >= 0.3 is 11.9 Å². The monoisotopic (exact) mass is 405 g/mol. The Bertz CT molecular complexity index is 1060. The number of carbonyl (C=O) groups excluding carboxylic acids is 2. The summed E-state index contributed by atoms with van der Waals surface area (Å²) in [5, 5.41) is 8.32. The van der Waals surface area contributed by atoms with E-state index in [1.54, 1.807) is 38.1 Å². The minimum Gasteiger partial charge on any atom is -0.464 e. The summed E-state index contributed by atoms with van der Waals surface area (Å²) in [7, 11) is 0. The molecule has 0 N–H and O–H groups in total. The lowest BCUT2D eigenvalue weighted by Gasteiger charge is -2.16. The van der Waals surface area contributed by atoms with E-state index in [1.165, 1.54) is 4.68 Å². The van der Waals surface area contributed by atoms with E-state index in [-0.39, 0.29) is 24.4 Å². The maximum atomic E-state index is 12.9. The van der Waals surface area contributed by atoms with Gasteiger partial charge in [0.15, 0.2) is 11.2 Å².